The van der Waals surface area contributed by atoms with Crippen LogP contribution in [0.2, 0.25) is 0 Å². The Morgan fingerprint density at radius 1 is 1.75 bits per heavy atom. The van der Waals surface area contributed by atoms with Crippen LogP contribution in [0.1, 0.15) is 10.4 Å². The third-order valence-electron chi connectivity index (χ3n) is 1.19. The van der Waals surface area contributed by atoms with Crippen LogP contribution in [0, 0.1) is 12.5 Å². The number of ether oxygens (including phenoxy) is 1. The van der Waals surface area contributed by atoms with Crippen molar-refractivity contribution in [2.24, 2.45) is 5.73 Å². The van der Waals surface area contributed by atoms with Gasteiger partial charge < -0.3 is 10.5 Å². The average molecular weight is 162 g/mol. The van der Waals surface area contributed by atoms with Crippen LogP contribution in [0.25, 0.3) is 0 Å². The fourth-order valence-electron chi connectivity index (χ4n) is 0.715. The molecule has 1 aromatic heterocycles. The number of terminal acetylenes is 1. The smallest absolute Gasteiger partial charge is 0.254 e. The lowest BCUT2D eigenvalue weighted by Gasteiger charge is -1.99. The summed E-state index contributed by atoms with van der Waals surface area (Å²) in [5.41, 5.74) is 5.19. The van der Waals surface area contributed by atoms with E-state index in [1.165, 1.54) is 12.3 Å². The molecule has 4 heteroatoms. The van der Waals surface area contributed by atoms with Crippen LogP contribution in [0.3, 0.4) is 0 Å². The first kappa shape index (κ1) is 8.08. The fourth-order valence-corrected chi connectivity index (χ4v) is 0.715. The van der Waals surface area contributed by atoms with E-state index in [1.54, 1.807) is 6.07 Å². The molecule has 0 atom stereocenters. The Morgan fingerprint density at radius 2 is 2.50 bits per heavy atom. The number of nitrogens with two attached hydrogens (primary N) is 1. The number of carbonyl (C=O) groups is 1. The molecule has 12 heavy (non-hydrogen) atoms. The van der Waals surface area contributed by atoms with Gasteiger partial charge in [0, 0.05) is 6.20 Å². The summed E-state index contributed by atoms with van der Waals surface area (Å²) in [5, 5.41) is 0. The fraction of sp³-hybridized carbons (Fsp3) is 0. The summed E-state index contributed by atoms with van der Waals surface area (Å²) < 4.78 is 4.61. The normalized spacial score (nSPS) is 8.58. The van der Waals surface area contributed by atoms with Crippen molar-refractivity contribution in [1.82, 2.24) is 4.98 Å². The molecule has 0 bridgehead atoms. The van der Waals surface area contributed by atoms with Gasteiger partial charge in [0.1, 0.15) is 11.7 Å². The summed E-state index contributed by atoms with van der Waals surface area (Å²) in [4.78, 5) is 14.5. The van der Waals surface area contributed by atoms with E-state index in [9.17, 15) is 4.79 Å². The molecule has 1 heterocycles. The highest BCUT2D eigenvalue weighted by molar-refractivity contribution is 5.94. The van der Waals surface area contributed by atoms with Gasteiger partial charge in [-0.3, -0.25) is 4.79 Å². The summed E-state index contributed by atoms with van der Waals surface area (Å²) in [6.45, 7) is 0. The third-order valence-corrected chi connectivity index (χ3v) is 1.19. The number of pyridine rings is 1. The Hall–Kier alpha value is -2.02. The van der Waals surface area contributed by atoms with Gasteiger partial charge in [-0.1, -0.05) is 6.42 Å². The van der Waals surface area contributed by atoms with E-state index >= 15 is 0 Å². The van der Waals surface area contributed by atoms with Gasteiger partial charge in [0.05, 0.1) is 0 Å². The number of hydrogen-bond donors (Lipinski definition) is 1. The first-order valence-electron chi connectivity index (χ1n) is 3.13. The molecule has 0 spiro atoms. The van der Waals surface area contributed by atoms with E-state index in [0.29, 0.717) is 0 Å². The van der Waals surface area contributed by atoms with Crippen LogP contribution in [-0.4, -0.2) is 10.9 Å². The van der Waals surface area contributed by atoms with Gasteiger partial charge >= 0.3 is 0 Å². The minimum absolute atomic E-state index is 0.0625. The van der Waals surface area contributed by atoms with Crippen LogP contribution in [0.4, 0.5) is 0 Å². The Labute approximate surface area is 69.4 Å². The van der Waals surface area contributed by atoms with E-state index in [2.05, 4.69) is 9.72 Å². The standard InChI is InChI=1S/C8H6N2O2/c1-2-12-8-6(7(9)11)4-3-5-10-8/h1,3-5H,(H2,9,11). The molecule has 0 saturated carbocycles. The quantitative estimate of drug-likeness (QED) is 0.629. The van der Waals surface area contributed by atoms with Crippen LogP contribution >= 0.6 is 0 Å². The number of nitrogens with zero attached hydrogens (tertiary/aromatic N) is 1. The molecule has 60 valence electrons. The molecule has 2 N–H and O–H groups in total. The molecule has 1 aromatic rings. The van der Waals surface area contributed by atoms with Crippen molar-refractivity contribution < 1.29 is 9.53 Å². The minimum atomic E-state index is -0.617. The number of carbonyl (C=O) groups excluding carboxylic acids is 1. The molecule has 0 aliphatic carbocycles. The molecule has 0 fully saturated rings. The lowest BCUT2D eigenvalue weighted by Crippen LogP contribution is -2.12. The zero-order chi connectivity index (χ0) is 8.97. The first-order chi connectivity index (χ1) is 5.75. The molecule has 0 aliphatic heterocycles. The predicted molar refractivity (Wildman–Crippen MR) is 42.2 cm³/mol. The van der Waals surface area contributed by atoms with E-state index < -0.39 is 5.91 Å². The van der Waals surface area contributed by atoms with Crippen molar-refractivity contribution in [2.45, 2.75) is 0 Å². The van der Waals surface area contributed by atoms with Crippen LogP contribution in [0.5, 0.6) is 5.88 Å². The summed E-state index contributed by atoms with van der Waals surface area (Å²) in [7, 11) is 0. The molecular weight excluding hydrogens is 156 g/mol. The molecule has 0 radical (unpaired) electrons. The third kappa shape index (κ3) is 1.52. The van der Waals surface area contributed by atoms with Crippen molar-refractivity contribution >= 4 is 5.91 Å². The second kappa shape index (κ2) is 3.39. The number of rotatable bonds is 2. The zero-order valence-electron chi connectivity index (χ0n) is 6.15. The van der Waals surface area contributed by atoms with Gasteiger partial charge in [0.2, 0.25) is 5.88 Å². The second-order valence-electron chi connectivity index (χ2n) is 1.94. The highest BCUT2D eigenvalue weighted by atomic mass is 16.5. The lowest BCUT2D eigenvalue weighted by molar-refractivity contribution is 0.0997. The van der Waals surface area contributed by atoms with Crippen molar-refractivity contribution in [2.75, 3.05) is 0 Å². The lowest BCUT2D eigenvalue weighted by atomic mass is 10.2. The summed E-state index contributed by atoms with van der Waals surface area (Å²) in [6, 6.07) is 3.06. The summed E-state index contributed by atoms with van der Waals surface area (Å²) >= 11 is 0. The van der Waals surface area contributed by atoms with Crippen LogP contribution < -0.4 is 10.5 Å². The van der Waals surface area contributed by atoms with Gasteiger partial charge in [-0.15, -0.1) is 0 Å². The number of primary amides is 1. The SMILES string of the molecule is C#COc1ncccc1C(N)=O. The Bertz CT molecular complexity index is 341. The maximum Gasteiger partial charge on any atom is 0.254 e. The Kier molecular flexibility index (Phi) is 2.29. The van der Waals surface area contributed by atoms with Gasteiger partial charge in [-0.25, -0.2) is 4.98 Å². The van der Waals surface area contributed by atoms with Crippen LogP contribution in [0.15, 0.2) is 18.3 Å². The largest absolute Gasteiger partial charge is 0.387 e. The predicted octanol–water partition coefficient (Wildman–Crippen LogP) is 0.150. The van der Waals surface area contributed by atoms with E-state index in [4.69, 9.17) is 12.2 Å². The van der Waals surface area contributed by atoms with Crippen molar-refractivity contribution in [1.29, 1.82) is 0 Å². The number of hydrogen-bond acceptors (Lipinski definition) is 3. The van der Waals surface area contributed by atoms with Gasteiger partial charge in [-0.05, 0) is 12.1 Å². The van der Waals surface area contributed by atoms with Gasteiger partial charge in [0.25, 0.3) is 5.91 Å². The summed E-state index contributed by atoms with van der Waals surface area (Å²) in [6.07, 6.45) is 8.23. The van der Waals surface area contributed by atoms with Gasteiger partial charge in [0.15, 0.2) is 0 Å². The average Bonchev–Trinajstić information content (AvgIpc) is 2.05. The van der Waals surface area contributed by atoms with Crippen LogP contribution in [-0.2, 0) is 0 Å². The van der Waals surface area contributed by atoms with Crippen molar-refractivity contribution in [3.8, 4) is 18.4 Å². The van der Waals surface area contributed by atoms with Crippen molar-refractivity contribution in [3.63, 3.8) is 0 Å². The molecule has 0 aliphatic rings. The highest BCUT2D eigenvalue weighted by Crippen LogP contribution is 2.12. The highest BCUT2D eigenvalue weighted by Gasteiger charge is 2.08. The zero-order valence-corrected chi connectivity index (χ0v) is 6.15. The minimum Gasteiger partial charge on any atom is -0.387 e. The molecule has 1 rings (SSSR count). The molecular formula is C8H6N2O2. The molecule has 0 saturated heterocycles. The Morgan fingerprint density at radius 3 is 3.08 bits per heavy atom. The molecule has 0 unspecified atom stereocenters. The number of amides is 1. The Balaban J connectivity index is 3.10. The van der Waals surface area contributed by atoms with E-state index in [0.717, 1.165) is 0 Å². The molecule has 4 nitrogen and oxygen atoms in total. The first-order valence-corrected chi connectivity index (χ1v) is 3.13. The van der Waals surface area contributed by atoms with Crippen molar-refractivity contribution in [3.05, 3.63) is 23.9 Å². The monoisotopic (exact) mass is 162 g/mol. The van der Waals surface area contributed by atoms with E-state index in [-0.39, 0.29) is 11.4 Å². The second-order valence-corrected chi connectivity index (χ2v) is 1.94. The molecule has 0 aromatic carbocycles. The maximum absolute atomic E-state index is 10.7. The topological polar surface area (TPSA) is 65.2 Å². The maximum atomic E-state index is 10.7. The molecule has 1 amide bonds. The van der Waals surface area contributed by atoms with E-state index in [1.807, 2.05) is 6.11 Å². The number of aromatic nitrogens is 1. The van der Waals surface area contributed by atoms with Gasteiger partial charge in [-0.2, -0.15) is 0 Å². The summed E-state index contributed by atoms with van der Waals surface area (Å²) in [5.74, 6) is -0.555.